The Bertz CT molecular complexity index is 757. The molecule has 1 heterocycles. The number of rotatable bonds is 1. The van der Waals surface area contributed by atoms with E-state index in [4.69, 9.17) is 11.6 Å². The summed E-state index contributed by atoms with van der Waals surface area (Å²) in [5.74, 6) is -0.0914. The average Bonchev–Trinajstić information content (AvgIpc) is 2.64. The number of halogens is 1. The van der Waals surface area contributed by atoms with Gasteiger partial charge in [-0.05, 0) is 30.3 Å². The van der Waals surface area contributed by atoms with Crippen molar-refractivity contribution in [3.63, 3.8) is 0 Å². The molecule has 3 rings (SSSR count). The number of anilines is 1. The van der Waals surface area contributed by atoms with Gasteiger partial charge in [0.1, 0.15) is 0 Å². The maximum Gasteiger partial charge on any atom is 0.227 e. The molecule has 5 heteroatoms. The Morgan fingerprint density at radius 3 is 2.64 bits per heavy atom. The quantitative estimate of drug-likeness (QED) is 0.600. The molecule has 112 valence electrons. The molecule has 0 radical (unpaired) electrons. The number of fused-ring (bicyclic) bond motifs is 1. The lowest BCUT2D eigenvalue weighted by Gasteiger charge is -2.19. The van der Waals surface area contributed by atoms with Crippen molar-refractivity contribution in [1.82, 2.24) is 0 Å². The van der Waals surface area contributed by atoms with Crippen molar-refractivity contribution in [3.05, 3.63) is 69.9 Å². The van der Waals surface area contributed by atoms with Crippen LogP contribution in [-0.4, -0.2) is 29.4 Å². The molecule has 0 bridgehead atoms. The van der Waals surface area contributed by atoms with E-state index in [9.17, 15) is 10.0 Å². The van der Waals surface area contributed by atoms with Gasteiger partial charge in [-0.15, -0.1) is 0 Å². The van der Waals surface area contributed by atoms with Crippen LogP contribution in [0.1, 0.15) is 18.1 Å². The summed E-state index contributed by atoms with van der Waals surface area (Å²) in [6.45, 7) is 2.07. The maximum absolute atomic E-state index is 12.6. The number of carbonyl (C=O) groups is 1. The van der Waals surface area contributed by atoms with Crippen molar-refractivity contribution in [3.8, 4) is 0 Å². The Labute approximate surface area is 133 Å². The number of hydrogen-bond donors (Lipinski definition) is 0. The van der Waals surface area contributed by atoms with Crippen molar-refractivity contribution in [2.24, 2.45) is 0 Å². The largest absolute Gasteiger partial charge is 0.623 e. The molecule has 4 nitrogen and oxygen atoms in total. The van der Waals surface area contributed by atoms with Crippen LogP contribution in [0.25, 0.3) is 0 Å². The third kappa shape index (κ3) is 2.57. The molecule has 1 amide bonds. The second-order valence-electron chi connectivity index (χ2n) is 5.15. The van der Waals surface area contributed by atoms with Gasteiger partial charge in [-0.2, -0.15) is 0 Å². The summed E-state index contributed by atoms with van der Waals surface area (Å²) in [5, 5.41) is 13.1. The summed E-state index contributed by atoms with van der Waals surface area (Å²) in [6, 6.07) is 14.7. The lowest BCUT2D eigenvalue weighted by atomic mass is 10.00. The smallest absolute Gasteiger partial charge is 0.227 e. The zero-order valence-electron chi connectivity index (χ0n) is 12.1. The highest BCUT2D eigenvalue weighted by molar-refractivity contribution is 6.31. The number of benzene rings is 2. The van der Waals surface area contributed by atoms with Crippen molar-refractivity contribution < 1.29 is 9.53 Å². The maximum atomic E-state index is 12.6. The second-order valence-corrected chi connectivity index (χ2v) is 5.59. The monoisotopic (exact) mass is 314 g/mol. The molecular formula is C17H15ClN2O2. The molecule has 0 fully saturated rings. The molecule has 0 atom stereocenters. The lowest BCUT2D eigenvalue weighted by Crippen LogP contribution is -2.32. The first-order valence-electron chi connectivity index (χ1n) is 7.03. The Kier molecular flexibility index (Phi) is 3.86. The van der Waals surface area contributed by atoms with Crippen LogP contribution in [0.3, 0.4) is 0 Å². The number of benzodiazepines with no additional fused rings is 1. The van der Waals surface area contributed by atoms with E-state index in [0.717, 1.165) is 10.3 Å². The molecule has 2 aromatic rings. The van der Waals surface area contributed by atoms with E-state index in [1.54, 1.807) is 23.1 Å². The summed E-state index contributed by atoms with van der Waals surface area (Å²) < 4.78 is 0.938. The molecule has 0 saturated heterocycles. The highest BCUT2D eigenvalue weighted by Gasteiger charge is 2.28. The minimum absolute atomic E-state index is 0.0914. The number of hydrogen-bond acceptors (Lipinski definition) is 2. The van der Waals surface area contributed by atoms with Crippen LogP contribution in [0, 0.1) is 5.21 Å². The Morgan fingerprint density at radius 1 is 1.23 bits per heavy atom. The molecule has 0 N–H and O–H groups in total. The van der Waals surface area contributed by atoms with Crippen LogP contribution in [-0.2, 0) is 4.79 Å². The molecule has 0 saturated carbocycles. The van der Waals surface area contributed by atoms with Crippen LogP contribution in [0.5, 0.6) is 0 Å². The second kappa shape index (κ2) is 5.81. The van der Waals surface area contributed by atoms with Crippen molar-refractivity contribution in [2.45, 2.75) is 6.92 Å². The lowest BCUT2D eigenvalue weighted by molar-refractivity contribution is -0.453. The molecule has 0 aromatic heterocycles. The topological polar surface area (TPSA) is 46.4 Å². The van der Waals surface area contributed by atoms with E-state index >= 15 is 0 Å². The van der Waals surface area contributed by atoms with E-state index in [1.807, 2.05) is 30.3 Å². The first-order valence-corrected chi connectivity index (χ1v) is 7.41. The minimum atomic E-state index is -0.0914. The SMILES string of the molecule is CC(=O)N1CC[N+]([O-])=C(c2ccccc2)c2cc(Cl)ccc21. The number of carbonyl (C=O) groups excluding carboxylic acids is 1. The molecule has 1 aliphatic rings. The fraction of sp³-hybridized carbons (Fsp3) is 0.176. The van der Waals surface area contributed by atoms with E-state index < -0.39 is 0 Å². The van der Waals surface area contributed by atoms with E-state index in [2.05, 4.69) is 0 Å². The normalized spacial score (nSPS) is 14.5. The van der Waals surface area contributed by atoms with Gasteiger partial charge in [-0.25, -0.2) is 4.74 Å². The number of hydroxylamine groups is 1. The average molecular weight is 315 g/mol. The zero-order valence-corrected chi connectivity index (χ0v) is 12.9. The van der Waals surface area contributed by atoms with E-state index in [-0.39, 0.29) is 12.5 Å². The Balaban J connectivity index is 2.26. The zero-order chi connectivity index (χ0) is 15.7. The third-order valence-corrected chi connectivity index (χ3v) is 3.94. The van der Waals surface area contributed by atoms with Gasteiger partial charge in [-0.1, -0.05) is 29.8 Å². The fourth-order valence-electron chi connectivity index (χ4n) is 2.71. The highest BCUT2D eigenvalue weighted by atomic mass is 35.5. The molecule has 2 aromatic carbocycles. The standard InChI is InChI=1S/C17H15ClN2O2/c1-12(21)19-9-10-20(22)17(13-5-3-2-4-6-13)15-11-14(18)7-8-16(15)19/h2-8,11H,9-10H2,1H3. The number of amides is 1. The Morgan fingerprint density at radius 2 is 1.95 bits per heavy atom. The van der Waals surface area contributed by atoms with Crippen LogP contribution < -0.4 is 4.90 Å². The van der Waals surface area contributed by atoms with Gasteiger partial charge in [0.25, 0.3) is 0 Å². The first kappa shape index (κ1) is 14.6. The molecular weight excluding hydrogens is 300 g/mol. The third-order valence-electron chi connectivity index (χ3n) is 3.71. The van der Waals surface area contributed by atoms with Crippen molar-refractivity contribution in [2.75, 3.05) is 18.0 Å². The molecule has 0 unspecified atom stereocenters. The van der Waals surface area contributed by atoms with E-state index in [0.29, 0.717) is 28.5 Å². The van der Waals surface area contributed by atoms with Crippen LogP contribution in [0.15, 0.2) is 48.5 Å². The molecule has 1 aliphatic heterocycles. The predicted octanol–water partition coefficient (Wildman–Crippen LogP) is 3.05. The number of nitrogens with zero attached hydrogens (tertiary/aromatic N) is 2. The van der Waals surface area contributed by atoms with Gasteiger partial charge in [0.2, 0.25) is 11.6 Å². The minimum Gasteiger partial charge on any atom is -0.623 e. The van der Waals surface area contributed by atoms with Gasteiger partial charge < -0.3 is 10.1 Å². The van der Waals surface area contributed by atoms with Gasteiger partial charge in [0.05, 0.1) is 17.8 Å². The fourth-order valence-corrected chi connectivity index (χ4v) is 2.89. The van der Waals surface area contributed by atoms with Gasteiger partial charge in [0.15, 0.2) is 6.54 Å². The van der Waals surface area contributed by atoms with Crippen LogP contribution in [0.4, 0.5) is 5.69 Å². The molecule has 0 aliphatic carbocycles. The summed E-state index contributed by atoms with van der Waals surface area (Å²) in [6.07, 6.45) is 0. The molecule has 22 heavy (non-hydrogen) atoms. The van der Waals surface area contributed by atoms with Crippen LogP contribution >= 0.6 is 11.6 Å². The van der Waals surface area contributed by atoms with Crippen LogP contribution in [0.2, 0.25) is 5.02 Å². The summed E-state index contributed by atoms with van der Waals surface area (Å²) in [4.78, 5) is 13.5. The van der Waals surface area contributed by atoms with Crippen molar-refractivity contribution >= 4 is 28.9 Å². The Hall–Kier alpha value is -2.33. The summed E-state index contributed by atoms with van der Waals surface area (Å²) in [7, 11) is 0. The highest BCUT2D eigenvalue weighted by Crippen LogP contribution is 2.29. The predicted molar refractivity (Wildman–Crippen MR) is 87.6 cm³/mol. The van der Waals surface area contributed by atoms with Gasteiger partial charge in [0, 0.05) is 17.5 Å². The molecule has 0 spiro atoms. The van der Waals surface area contributed by atoms with Crippen molar-refractivity contribution in [1.29, 1.82) is 0 Å². The summed E-state index contributed by atoms with van der Waals surface area (Å²) >= 11 is 6.12. The summed E-state index contributed by atoms with van der Waals surface area (Å²) in [5.41, 5.74) is 2.75. The van der Waals surface area contributed by atoms with Gasteiger partial charge in [-0.3, -0.25) is 4.79 Å². The van der Waals surface area contributed by atoms with E-state index in [1.165, 1.54) is 6.92 Å². The van der Waals surface area contributed by atoms with Gasteiger partial charge >= 0.3 is 0 Å². The first-order chi connectivity index (χ1) is 10.6.